The molecule has 0 aromatic heterocycles. The second-order valence-corrected chi connectivity index (χ2v) is 5.13. The highest BCUT2D eigenvalue weighted by atomic mass is 16.4. The average molecular weight is 231 g/mol. The summed E-state index contributed by atoms with van der Waals surface area (Å²) in [7, 11) is 0. The van der Waals surface area contributed by atoms with Crippen LogP contribution in [0.5, 0.6) is 0 Å². The van der Waals surface area contributed by atoms with Gasteiger partial charge in [0.25, 0.3) is 0 Å². The summed E-state index contributed by atoms with van der Waals surface area (Å²) in [6, 6.07) is 9.39. The molecule has 3 rings (SSSR count). The van der Waals surface area contributed by atoms with Crippen molar-refractivity contribution in [3.05, 3.63) is 35.4 Å². The van der Waals surface area contributed by atoms with E-state index < -0.39 is 5.97 Å². The van der Waals surface area contributed by atoms with Gasteiger partial charge in [-0.05, 0) is 36.8 Å². The molecule has 0 atom stereocenters. The van der Waals surface area contributed by atoms with Gasteiger partial charge in [0.15, 0.2) is 0 Å². The molecule has 1 fully saturated rings. The zero-order valence-corrected chi connectivity index (χ0v) is 9.80. The third kappa shape index (κ3) is 2.20. The van der Waals surface area contributed by atoms with Crippen molar-refractivity contribution in [1.29, 1.82) is 0 Å². The zero-order valence-electron chi connectivity index (χ0n) is 9.80. The molecule has 0 spiro atoms. The van der Waals surface area contributed by atoms with Crippen molar-refractivity contribution < 1.29 is 9.90 Å². The number of benzene rings is 1. The number of rotatable bonds is 4. The molecule has 2 aliphatic rings. The Morgan fingerprint density at radius 1 is 1.18 bits per heavy atom. The van der Waals surface area contributed by atoms with E-state index >= 15 is 0 Å². The summed E-state index contributed by atoms with van der Waals surface area (Å²) in [6.07, 6.45) is 4.36. The van der Waals surface area contributed by atoms with Crippen molar-refractivity contribution in [3.8, 4) is 0 Å². The van der Waals surface area contributed by atoms with Crippen LogP contribution in [0.1, 0.15) is 24.0 Å². The van der Waals surface area contributed by atoms with Crippen molar-refractivity contribution in [2.75, 3.05) is 6.54 Å². The topological polar surface area (TPSA) is 40.5 Å². The highest BCUT2D eigenvalue weighted by molar-refractivity contribution is 5.69. The number of fused-ring (bicyclic) bond motifs is 1. The van der Waals surface area contributed by atoms with Gasteiger partial charge in [-0.1, -0.05) is 24.3 Å². The van der Waals surface area contributed by atoms with Crippen LogP contribution in [0.3, 0.4) is 0 Å². The summed E-state index contributed by atoms with van der Waals surface area (Å²) in [5, 5.41) is 9.00. The maximum Gasteiger partial charge on any atom is 0.317 e. The standard InChI is InChI=1S/C14H17NO2/c16-14(17)9-15(12-5-6-12)13-7-10-3-1-2-4-11(10)8-13/h1-4,12-13H,5-9H2,(H,16,17). The van der Waals surface area contributed by atoms with Crippen LogP contribution < -0.4 is 0 Å². The molecule has 1 aromatic rings. The summed E-state index contributed by atoms with van der Waals surface area (Å²) in [5.74, 6) is -0.701. The van der Waals surface area contributed by atoms with Gasteiger partial charge >= 0.3 is 5.97 Å². The van der Waals surface area contributed by atoms with Crippen LogP contribution in [0, 0.1) is 0 Å². The number of hydrogen-bond acceptors (Lipinski definition) is 2. The largest absolute Gasteiger partial charge is 0.480 e. The first-order valence-corrected chi connectivity index (χ1v) is 6.28. The summed E-state index contributed by atoms with van der Waals surface area (Å²) in [4.78, 5) is 13.1. The van der Waals surface area contributed by atoms with Gasteiger partial charge in [-0.15, -0.1) is 0 Å². The fraction of sp³-hybridized carbons (Fsp3) is 0.500. The number of carbonyl (C=O) groups is 1. The first kappa shape index (κ1) is 10.8. The fourth-order valence-corrected chi connectivity index (χ4v) is 2.89. The van der Waals surface area contributed by atoms with Gasteiger partial charge < -0.3 is 5.11 Å². The molecule has 90 valence electrons. The van der Waals surface area contributed by atoms with Crippen molar-refractivity contribution >= 4 is 5.97 Å². The SMILES string of the molecule is O=C(O)CN(C1CC1)C1Cc2ccccc2C1. The van der Waals surface area contributed by atoms with Crippen molar-refractivity contribution in [2.45, 2.75) is 37.8 Å². The average Bonchev–Trinajstić information content (AvgIpc) is 3.04. The number of nitrogens with zero attached hydrogens (tertiary/aromatic N) is 1. The Bertz CT molecular complexity index is 415. The smallest absolute Gasteiger partial charge is 0.317 e. The summed E-state index contributed by atoms with van der Waals surface area (Å²) in [5.41, 5.74) is 2.79. The Hall–Kier alpha value is -1.35. The van der Waals surface area contributed by atoms with Crippen molar-refractivity contribution in [1.82, 2.24) is 4.90 Å². The van der Waals surface area contributed by atoms with E-state index in [2.05, 4.69) is 29.2 Å². The molecule has 0 bridgehead atoms. The summed E-state index contributed by atoms with van der Waals surface area (Å²) in [6.45, 7) is 0.198. The van der Waals surface area contributed by atoms with E-state index in [1.165, 1.54) is 24.0 Å². The molecule has 1 saturated carbocycles. The van der Waals surface area contributed by atoms with Crippen LogP contribution in [-0.2, 0) is 17.6 Å². The second kappa shape index (κ2) is 4.15. The molecule has 1 aromatic carbocycles. The predicted molar refractivity (Wildman–Crippen MR) is 65.0 cm³/mol. The molecule has 0 unspecified atom stereocenters. The Morgan fingerprint density at radius 2 is 1.76 bits per heavy atom. The number of aliphatic carboxylic acids is 1. The minimum atomic E-state index is -0.701. The highest BCUT2D eigenvalue weighted by Crippen LogP contribution is 2.33. The molecule has 3 nitrogen and oxygen atoms in total. The molecule has 0 saturated heterocycles. The molecule has 0 radical (unpaired) electrons. The van der Waals surface area contributed by atoms with Crippen LogP contribution >= 0.6 is 0 Å². The molecule has 1 N–H and O–H groups in total. The first-order chi connectivity index (χ1) is 8.24. The van der Waals surface area contributed by atoms with Gasteiger partial charge in [0.2, 0.25) is 0 Å². The number of carboxylic acids is 1. The van der Waals surface area contributed by atoms with Crippen molar-refractivity contribution in [3.63, 3.8) is 0 Å². The number of hydrogen-bond donors (Lipinski definition) is 1. The van der Waals surface area contributed by atoms with Gasteiger partial charge in [-0.25, -0.2) is 0 Å². The van der Waals surface area contributed by atoms with E-state index in [-0.39, 0.29) is 6.54 Å². The first-order valence-electron chi connectivity index (χ1n) is 6.28. The molecule has 0 aliphatic heterocycles. The summed E-state index contributed by atoms with van der Waals surface area (Å²) < 4.78 is 0. The zero-order chi connectivity index (χ0) is 11.8. The van der Waals surface area contributed by atoms with Crippen LogP contribution in [0.4, 0.5) is 0 Å². The minimum Gasteiger partial charge on any atom is -0.480 e. The van der Waals surface area contributed by atoms with E-state index in [9.17, 15) is 4.79 Å². The Kier molecular flexibility index (Phi) is 2.63. The molecular weight excluding hydrogens is 214 g/mol. The molecule has 3 heteroatoms. The maximum absolute atomic E-state index is 10.9. The third-order valence-electron chi connectivity index (χ3n) is 3.83. The lowest BCUT2D eigenvalue weighted by Crippen LogP contribution is -2.41. The van der Waals surface area contributed by atoms with E-state index in [0.29, 0.717) is 12.1 Å². The normalized spacial score (nSPS) is 19.6. The van der Waals surface area contributed by atoms with E-state index in [4.69, 9.17) is 5.11 Å². The number of carboxylic acid groups (broad SMARTS) is 1. The van der Waals surface area contributed by atoms with Gasteiger partial charge in [-0.3, -0.25) is 9.69 Å². The van der Waals surface area contributed by atoms with Gasteiger partial charge in [0.05, 0.1) is 6.54 Å². The molecule has 2 aliphatic carbocycles. The lowest BCUT2D eigenvalue weighted by atomic mass is 10.1. The molecule has 0 heterocycles. The van der Waals surface area contributed by atoms with E-state index in [1.807, 2.05) is 0 Å². The summed E-state index contributed by atoms with van der Waals surface area (Å²) >= 11 is 0. The maximum atomic E-state index is 10.9. The van der Waals surface area contributed by atoms with Crippen LogP contribution in [-0.4, -0.2) is 34.6 Å². The lowest BCUT2D eigenvalue weighted by Gasteiger charge is -2.26. The van der Waals surface area contributed by atoms with Gasteiger partial charge in [0.1, 0.15) is 0 Å². The monoisotopic (exact) mass is 231 g/mol. The Morgan fingerprint density at radius 3 is 2.24 bits per heavy atom. The Balaban J connectivity index is 1.75. The van der Waals surface area contributed by atoms with Gasteiger partial charge in [0, 0.05) is 12.1 Å². The fourth-order valence-electron chi connectivity index (χ4n) is 2.89. The third-order valence-corrected chi connectivity index (χ3v) is 3.83. The quantitative estimate of drug-likeness (QED) is 0.857. The van der Waals surface area contributed by atoms with Gasteiger partial charge in [-0.2, -0.15) is 0 Å². The highest BCUT2D eigenvalue weighted by Gasteiger charge is 2.37. The minimum absolute atomic E-state index is 0.198. The van der Waals surface area contributed by atoms with Crippen molar-refractivity contribution in [2.24, 2.45) is 0 Å². The predicted octanol–water partition coefficient (Wildman–Crippen LogP) is 1.70. The lowest BCUT2D eigenvalue weighted by molar-refractivity contribution is -0.139. The molecule has 0 amide bonds. The second-order valence-electron chi connectivity index (χ2n) is 5.13. The van der Waals surface area contributed by atoms with Crippen LogP contribution in [0.25, 0.3) is 0 Å². The molecule has 17 heavy (non-hydrogen) atoms. The van der Waals surface area contributed by atoms with E-state index in [0.717, 1.165) is 12.8 Å². The molecular formula is C14H17NO2. The Labute approximate surface area is 101 Å². The van der Waals surface area contributed by atoms with Crippen LogP contribution in [0.2, 0.25) is 0 Å². The van der Waals surface area contributed by atoms with E-state index in [1.54, 1.807) is 0 Å². The van der Waals surface area contributed by atoms with Crippen LogP contribution in [0.15, 0.2) is 24.3 Å².